The Balaban J connectivity index is 2.07. The zero-order valence-corrected chi connectivity index (χ0v) is 7.80. The van der Waals surface area contributed by atoms with Crippen molar-refractivity contribution in [1.29, 1.82) is 0 Å². The van der Waals surface area contributed by atoms with E-state index in [2.05, 4.69) is 15.5 Å². The molecule has 0 aromatic carbocycles. The number of ether oxygens (including phenoxy) is 1. The highest BCUT2D eigenvalue weighted by molar-refractivity contribution is 5.38. The van der Waals surface area contributed by atoms with Gasteiger partial charge in [-0.1, -0.05) is 0 Å². The Bertz CT molecular complexity index is 292. The number of carbonyl (C=O) groups is 1. The summed E-state index contributed by atoms with van der Waals surface area (Å²) in [5.74, 6) is 0. The van der Waals surface area contributed by atoms with Gasteiger partial charge in [0.15, 0.2) is 0 Å². The standard InChI is InChI=1S/C8H12N4O2/c13-7-14-8(3-1-2-4-8)5-12-6-9-10-11-12/h6-7H,1-5H2. The third-order valence-corrected chi connectivity index (χ3v) is 2.65. The molecule has 1 fully saturated rings. The van der Waals surface area contributed by atoms with Gasteiger partial charge < -0.3 is 4.74 Å². The molecule has 0 spiro atoms. The molecule has 0 N–H and O–H groups in total. The molecule has 1 heterocycles. The molecule has 1 saturated carbocycles. The maximum atomic E-state index is 10.4. The first kappa shape index (κ1) is 9.11. The highest BCUT2D eigenvalue weighted by atomic mass is 16.5. The fourth-order valence-corrected chi connectivity index (χ4v) is 1.98. The van der Waals surface area contributed by atoms with Crippen LogP contribution in [-0.2, 0) is 16.1 Å². The molecule has 0 radical (unpaired) electrons. The Kier molecular flexibility index (Phi) is 2.43. The van der Waals surface area contributed by atoms with Crippen LogP contribution in [0, 0.1) is 0 Å². The third-order valence-electron chi connectivity index (χ3n) is 2.65. The molecule has 0 atom stereocenters. The zero-order valence-electron chi connectivity index (χ0n) is 7.80. The van der Waals surface area contributed by atoms with E-state index < -0.39 is 0 Å². The minimum atomic E-state index is -0.378. The van der Waals surface area contributed by atoms with E-state index in [4.69, 9.17) is 4.74 Å². The van der Waals surface area contributed by atoms with Gasteiger partial charge in [0.05, 0.1) is 6.54 Å². The molecule has 76 valence electrons. The van der Waals surface area contributed by atoms with Crippen LogP contribution in [0.2, 0.25) is 0 Å². The van der Waals surface area contributed by atoms with Crippen LogP contribution in [0.5, 0.6) is 0 Å². The van der Waals surface area contributed by atoms with Gasteiger partial charge in [0.2, 0.25) is 0 Å². The molecular weight excluding hydrogens is 184 g/mol. The monoisotopic (exact) mass is 196 g/mol. The van der Waals surface area contributed by atoms with E-state index in [0.29, 0.717) is 13.0 Å². The SMILES string of the molecule is O=COC1(Cn2cnnn2)CCCC1. The molecule has 0 aliphatic heterocycles. The first-order valence-electron chi connectivity index (χ1n) is 4.67. The lowest BCUT2D eigenvalue weighted by molar-refractivity contribution is -0.144. The van der Waals surface area contributed by atoms with Gasteiger partial charge in [-0.15, -0.1) is 5.10 Å². The molecule has 14 heavy (non-hydrogen) atoms. The molecule has 6 nitrogen and oxygen atoms in total. The molecule has 1 aliphatic rings. The van der Waals surface area contributed by atoms with Crippen LogP contribution in [0.15, 0.2) is 6.33 Å². The largest absolute Gasteiger partial charge is 0.459 e. The summed E-state index contributed by atoms with van der Waals surface area (Å²) in [6, 6.07) is 0. The second-order valence-corrected chi connectivity index (χ2v) is 3.61. The normalized spacial score (nSPS) is 19.4. The quantitative estimate of drug-likeness (QED) is 0.641. The second-order valence-electron chi connectivity index (χ2n) is 3.61. The summed E-state index contributed by atoms with van der Waals surface area (Å²) in [5.41, 5.74) is -0.378. The van der Waals surface area contributed by atoms with Crippen LogP contribution >= 0.6 is 0 Å². The average Bonchev–Trinajstić information content (AvgIpc) is 2.78. The van der Waals surface area contributed by atoms with E-state index in [0.717, 1.165) is 25.7 Å². The van der Waals surface area contributed by atoms with Crippen molar-refractivity contribution in [3.8, 4) is 0 Å². The predicted molar refractivity (Wildman–Crippen MR) is 46.2 cm³/mol. The Morgan fingerprint density at radius 2 is 2.29 bits per heavy atom. The number of tetrazole rings is 1. The lowest BCUT2D eigenvalue weighted by Crippen LogP contribution is -2.34. The Morgan fingerprint density at radius 3 is 2.86 bits per heavy atom. The van der Waals surface area contributed by atoms with Gasteiger partial charge in [-0.2, -0.15) is 0 Å². The summed E-state index contributed by atoms with van der Waals surface area (Å²) in [6.07, 6.45) is 5.51. The van der Waals surface area contributed by atoms with E-state index in [-0.39, 0.29) is 5.60 Å². The maximum Gasteiger partial charge on any atom is 0.293 e. The van der Waals surface area contributed by atoms with E-state index in [1.54, 1.807) is 4.68 Å². The number of aromatic nitrogens is 4. The van der Waals surface area contributed by atoms with Crippen LogP contribution in [0.3, 0.4) is 0 Å². The number of hydrogen-bond acceptors (Lipinski definition) is 5. The lowest BCUT2D eigenvalue weighted by atomic mass is 10.0. The van der Waals surface area contributed by atoms with Gasteiger partial charge in [0.25, 0.3) is 6.47 Å². The first-order chi connectivity index (χ1) is 6.85. The molecule has 1 aromatic heterocycles. The van der Waals surface area contributed by atoms with Crippen molar-refractivity contribution in [2.24, 2.45) is 0 Å². The molecule has 0 saturated heterocycles. The maximum absolute atomic E-state index is 10.4. The van der Waals surface area contributed by atoms with Crippen molar-refractivity contribution < 1.29 is 9.53 Å². The van der Waals surface area contributed by atoms with E-state index in [1.807, 2.05) is 0 Å². The van der Waals surface area contributed by atoms with Crippen molar-refractivity contribution in [2.45, 2.75) is 37.8 Å². The summed E-state index contributed by atoms with van der Waals surface area (Å²) in [4.78, 5) is 10.4. The Labute approximate surface area is 81.2 Å². The molecular formula is C8H12N4O2. The topological polar surface area (TPSA) is 69.9 Å². The van der Waals surface area contributed by atoms with E-state index in [1.165, 1.54) is 6.33 Å². The first-order valence-corrected chi connectivity index (χ1v) is 4.67. The number of hydrogen-bond donors (Lipinski definition) is 0. The fraction of sp³-hybridized carbons (Fsp3) is 0.750. The number of carbonyl (C=O) groups excluding carboxylic acids is 1. The van der Waals surface area contributed by atoms with Crippen molar-refractivity contribution in [3.05, 3.63) is 6.33 Å². The Hall–Kier alpha value is -1.46. The van der Waals surface area contributed by atoms with Crippen molar-refractivity contribution in [1.82, 2.24) is 20.2 Å². The average molecular weight is 196 g/mol. The van der Waals surface area contributed by atoms with Crippen molar-refractivity contribution >= 4 is 6.47 Å². The number of rotatable bonds is 4. The summed E-state index contributed by atoms with van der Waals surface area (Å²) in [7, 11) is 0. The van der Waals surface area contributed by atoms with Gasteiger partial charge in [0.1, 0.15) is 11.9 Å². The van der Waals surface area contributed by atoms with Gasteiger partial charge in [-0.05, 0) is 36.1 Å². The van der Waals surface area contributed by atoms with E-state index >= 15 is 0 Å². The highest BCUT2D eigenvalue weighted by Crippen LogP contribution is 2.33. The molecule has 0 unspecified atom stereocenters. The second kappa shape index (κ2) is 3.73. The molecule has 0 bridgehead atoms. The Morgan fingerprint density at radius 1 is 1.50 bits per heavy atom. The fourth-order valence-electron chi connectivity index (χ4n) is 1.98. The van der Waals surface area contributed by atoms with Crippen LogP contribution in [0.1, 0.15) is 25.7 Å². The predicted octanol–water partition coefficient (Wildman–Crippen LogP) is 0.159. The molecule has 6 heteroatoms. The number of nitrogens with zero attached hydrogens (tertiary/aromatic N) is 4. The molecule has 1 aromatic rings. The highest BCUT2D eigenvalue weighted by Gasteiger charge is 2.36. The molecule has 0 amide bonds. The molecule has 1 aliphatic carbocycles. The zero-order chi connectivity index (χ0) is 9.86. The van der Waals surface area contributed by atoms with Crippen LogP contribution in [0.25, 0.3) is 0 Å². The summed E-state index contributed by atoms with van der Waals surface area (Å²) in [6.45, 7) is 1.08. The summed E-state index contributed by atoms with van der Waals surface area (Å²) in [5, 5.41) is 10.9. The lowest BCUT2D eigenvalue weighted by Gasteiger charge is -2.25. The van der Waals surface area contributed by atoms with Gasteiger partial charge in [0, 0.05) is 0 Å². The van der Waals surface area contributed by atoms with Gasteiger partial charge >= 0.3 is 0 Å². The molecule has 2 rings (SSSR count). The van der Waals surface area contributed by atoms with Gasteiger partial charge in [-0.3, -0.25) is 4.79 Å². The van der Waals surface area contributed by atoms with Crippen LogP contribution < -0.4 is 0 Å². The summed E-state index contributed by atoms with van der Waals surface area (Å²) >= 11 is 0. The van der Waals surface area contributed by atoms with Crippen molar-refractivity contribution in [3.63, 3.8) is 0 Å². The van der Waals surface area contributed by atoms with Crippen molar-refractivity contribution in [2.75, 3.05) is 0 Å². The smallest absolute Gasteiger partial charge is 0.293 e. The van der Waals surface area contributed by atoms with Gasteiger partial charge in [-0.25, -0.2) is 4.68 Å². The van der Waals surface area contributed by atoms with E-state index in [9.17, 15) is 4.79 Å². The summed E-state index contributed by atoms with van der Waals surface area (Å²) < 4.78 is 6.77. The minimum Gasteiger partial charge on any atom is -0.459 e. The van der Waals surface area contributed by atoms with Crippen LogP contribution in [-0.4, -0.2) is 32.3 Å². The van der Waals surface area contributed by atoms with Crippen LogP contribution in [0.4, 0.5) is 0 Å². The minimum absolute atomic E-state index is 0.378. The third kappa shape index (κ3) is 1.73.